The number of methoxy groups -OCH3 is 2. The van der Waals surface area contributed by atoms with Crippen LogP contribution in [0.3, 0.4) is 0 Å². The molecule has 49 heavy (non-hydrogen) atoms. The standard InChI is InChI=1S/C44H46O4S/c1-41(2)23-42(3,4)25-43(24-41)35-10-8-7-9-31(35)38-33-22-37-36(47-26-49-37)21-34(33)40-32(39(38)43)19-20-44(48-40,27-11-15-29(45-5)16-12-27)28-13-17-30(46-6)18-14-28/h7-12,15-17,19-22,28H,13-14,18,23-26H2,1-6H3. The number of rotatable bonds is 4. The zero-order chi connectivity index (χ0) is 33.8. The number of fused-ring (bicyclic) bond motifs is 11. The molecule has 252 valence electrons. The molecule has 1 spiro atoms. The lowest BCUT2D eigenvalue weighted by molar-refractivity contribution is 0.0398. The van der Waals surface area contributed by atoms with Crippen molar-refractivity contribution in [1.29, 1.82) is 0 Å². The molecule has 4 nitrogen and oxygen atoms in total. The summed E-state index contributed by atoms with van der Waals surface area (Å²) < 4.78 is 25.3. The molecule has 4 aromatic carbocycles. The van der Waals surface area contributed by atoms with Crippen molar-refractivity contribution < 1.29 is 18.9 Å². The first kappa shape index (κ1) is 31.2. The fourth-order valence-electron chi connectivity index (χ4n) is 10.9. The van der Waals surface area contributed by atoms with E-state index in [9.17, 15) is 0 Å². The molecule has 2 unspecified atom stereocenters. The quantitative estimate of drug-likeness (QED) is 0.216. The van der Waals surface area contributed by atoms with Crippen LogP contribution < -0.4 is 14.2 Å². The van der Waals surface area contributed by atoms with Gasteiger partial charge in [0.1, 0.15) is 23.2 Å². The lowest BCUT2D eigenvalue weighted by Crippen LogP contribution is -2.45. The summed E-state index contributed by atoms with van der Waals surface area (Å²) in [4.78, 5) is 1.22. The summed E-state index contributed by atoms with van der Waals surface area (Å²) in [5.41, 5.74) is 7.69. The summed E-state index contributed by atoms with van der Waals surface area (Å²) in [6.45, 7) is 9.93. The molecule has 2 atom stereocenters. The smallest absolute Gasteiger partial charge is 0.156 e. The highest BCUT2D eigenvalue weighted by Gasteiger charge is 2.56. The number of allylic oxidation sites excluding steroid dienone is 2. The minimum Gasteiger partial charge on any atom is -0.501 e. The van der Waals surface area contributed by atoms with Gasteiger partial charge >= 0.3 is 0 Å². The Hall–Kier alpha value is -3.83. The van der Waals surface area contributed by atoms with E-state index in [-0.39, 0.29) is 22.2 Å². The van der Waals surface area contributed by atoms with Gasteiger partial charge < -0.3 is 18.9 Å². The Morgan fingerprint density at radius 3 is 2.35 bits per heavy atom. The molecule has 1 saturated carbocycles. The van der Waals surface area contributed by atoms with Crippen LogP contribution in [0, 0.1) is 16.7 Å². The molecule has 0 bridgehead atoms. The molecule has 0 N–H and O–H groups in total. The van der Waals surface area contributed by atoms with Crippen molar-refractivity contribution in [2.45, 2.75) is 82.1 Å². The summed E-state index contributed by atoms with van der Waals surface area (Å²) >= 11 is 1.79. The summed E-state index contributed by atoms with van der Waals surface area (Å²) in [6, 6.07) is 22.5. The van der Waals surface area contributed by atoms with E-state index in [4.69, 9.17) is 18.9 Å². The van der Waals surface area contributed by atoms with Gasteiger partial charge in [-0.25, -0.2) is 0 Å². The molecule has 0 amide bonds. The normalized spacial score (nSPS) is 25.0. The third-order valence-electron chi connectivity index (χ3n) is 12.0. The van der Waals surface area contributed by atoms with Crippen molar-refractivity contribution >= 4 is 28.6 Å². The van der Waals surface area contributed by atoms with Gasteiger partial charge in [0.2, 0.25) is 0 Å². The van der Waals surface area contributed by atoms with Crippen molar-refractivity contribution in [3.8, 4) is 28.4 Å². The second kappa shape index (κ2) is 10.8. The number of hydrogen-bond acceptors (Lipinski definition) is 5. The largest absolute Gasteiger partial charge is 0.501 e. The fourth-order valence-corrected chi connectivity index (χ4v) is 11.7. The van der Waals surface area contributed by atoms with E-state index in [1.54, 1.807) is 26.0 Å². The molecule has 5 heteroatoms. The maximum absolute atomic E-state index is 7.76. The molecular weight excluding hydrogens is 625 g/mol. The lowest BCUT2D eigenvalue weighted by Gasteiger charge is -2.52. The predicted octanol–water partition coefficient (Wildman–Crippen LogP) is 11.4. The second-order valence-corrected chi connectivity index (χ2v) is 17.5. The van der Waals surface area contributed by atoms with Crippen LogP contribution in [0.2, 0.25) is 0 Å². The van der Waals surface area contributed by atoms with E-state index in [1.807, 2.05) is 0 Å². The minimum absolute atomic E-state index is 0.118. The van der Waals surface area contributed by atoms with E-state index in [2.05, 4.69) is 107 Å². The Labute approximate surface area is 294 Å². The molecule has 0 saturated heterocycles. The van der Waals surface area contributed by atoms with Gasteiger partial charge in [0.25, 0.3) is 0 Å². The SMILES string of the molecule is COC1=CCC(C2(c3ccc(OC)cc3)C=Cc3c4c(c5cc6c(cc5c3O2)OCS6)-c2ccccc2C42CC(C)(C)CC(C)(C)C2)CC1. The molecule has 0 radical (unpaired) electrons. The highest BCUT2D eigenvalue weighted by atomic mass is 32.2. The van der Waals surface area contributed by atoms with Gasteiger partial charge in [-0.15, -0.1) is 0 Å². The number of benzene rings is 4. The van der Waals surface area contributed by atoms with Crippen LogP contribution in [-0.2, 0) is 15.8 Å². The molecule has 2 heterocycles. The second-order valence-electron chi connectivity index (χ2n) is 16.5. The van der Waals surface area contributed by atoms with Gasteiger partial charge in [-0.05, 0) is 113 Å². The Morgan fingerprint density at radius 1 is 0.857 bits per heavy atom. The van der Waals surface area contributed by atoms with E-state index in [0.29, 0.717) is 5.94 Å². The van der Waals surface area contributed by atoms with E-state index in [0.717, 1.165) is 66.1 Å². The lowest BCUT2D eigenvalue weighted by atomic mass is 9.52. The van der Waals surface area contributed by atoms with E-state index < -0.39 is 5.60 Å². The van der Waals surface area contributed by atoms with Crippen molar-refractivity contribution in [3.05, 3.63) is 101 Å². The van der Waals surface area contributed by atoms with Crippen LogP contribution in [0.5, 0.6) is 17.2 Å². The van der Waals surface area contributed by atoms with Crippen LogP contribution >= 0.6 is 11.8 Å². The van der Waals surface area contributed by atoms with Crippen LogP contribution in [0.1, 0.15) is 88.5 Å². The molecule has 0 aromatic heterocycles. The monoisotopic (exact) mass is 670 g/mol. The maximum atomic E-state index is 7.76. The Balaban J connectivity index is 1.35. The average Bonchev–Trinajstić information content (AvgIpc) is 3.66. The van der Waals surface area contributed by atoms with Crippen molar-refractivity contribution in [2.75, 3.05) is 20.2 Å². The number of hydrogen-bond donors (Lipinski definition) is 0. The zero-order valence-corrected chi connectivity index (χ0v) is 30.4. The number of ether oxygens (including phenoxy) is 4. The van der Waals surface area contributed by atoms with Gasteiger partial charge in [-0.2, -0.15) is 0 Å². The first-order valence-electron chi connectivity index (χ1n) is 17.9. The third kappa shape index (κ3) is 4.64. The summed E-state index contributed by atoms with van der Waals surface area (Å²) in [5.74, 6) is 4.74. The zero-order valence-electron chi connectivity index (χ0n) is 29.6. The highest BCUT2D eigenvalue weighted by Crippen LogP contribution is 2.67. The molecule has 9 rings (SSSR count). The number of thioether (sulfide) groups is 1. The van der Waals surface area contributed by atoms with Crippen LogP contribution in [0.4, 0.5) is 0 Å². The average molecular weight is 671 g/mol. The molecule has 4 aromatic rings. The minimum atomic E-state index is -0.658. The van der Waals surface area contributed by atoms with Crippen LogP contribution in [-0.4, -0.2) is 20.2 Å². The summed E-state index contributed by atoms with van der Waals surface area (Å²) in [6.07, 6.45) is 13.3. The maximum Gasteiger partial charge on any atom is 0.156 e. The van der Waals surface area contributed by atoms with Gasteiger partial charge in [0.15, 0.2) is 5.60 Å². The van der Waals surface area contributed by atoms with Crippen LogP contribution in [0.25, 0.3) is 28.0 Å². The molecule has 3 aliphatic carbocycles. The predicted molar refractivity (Wildman–Crippen MR) is 200 cm³/mol. The molecule has 5 aliphatic rings. The van der Waals surface area contributed by atoms with Gasteiger partial charge in [0, 0.05) is 28.7 Å². The van der Waals surface area contributed by atoms with E-state index in [1.165, 1.54) is 44.5 Å². The van der Waals surface area contributed by atoms with Gasteiger partial charge in [0.05, 0.1) is 24.9 Å². The Morgan fingerprint density at radius 2 is 1.63 bits per heavy atom. The Bertz CT molecular complexity index is 2050. The fraction of sp³-hybridized carbons (Fsp3) is 0.409. The molecule has 1 fully saturated rings. The molecule has 2 aliphatic heterocycles. The highest BCUT2D eigenvalue weighted by molar-refractivity contribution is 7.99. The van der Waals surface area contributed by atoms with Gasteiger partial charge in [-0.3, -0.25) is 0 Å². The molecular formula is C44H46O4S. The Kier molecular flexibility index (Phi) is 6.89. The third-order valence-corrected chi connectivity index (χ3v) is 12.9. The topological polar surface area (TPSA) is 36.9 Å². The van der Waals surface area contributed by atoms with Gasteiger partial charge in [-0.1, -0.05) is 81.9 Å². The van der Waals surface area contributed by atoms with Crippen molar-refractivity contribution in [2.24, 2.45) is 16.7 Å². The first-order chi connectivity index (χ1) is 23.6. The van der Waals surface area contributed by atoms with Crippen LogP contribution in [0.15, 0.2) is 83.5 Å². The van der Waals surface area contributed by atoms with Crippen molar-refractivity contribution in [1.82, 2.24) is 0 Å². The summed E-state index contributed by atoms with van der Waals surface area (Å²) in [7, 11) is 3.51. The van der Waals surface area contributed by atoms with Crippen molar-refractivity contribution in [3.63, 3.8) is 0 Å². The summed E-state index contributed by atoms with van der Waals surface area (Å²) in [5, 5.41) is 2.42. The van der Waals surface area contributed by atoms with E-state index >= 15 is 0 Å². The first-order valence-corrected chi connectivity index (χ1v) is 18.8.